The minimum Gasteiger partial charge on any atom is -0.370 e. The maximum Gasteiger partial charge on any atom is 0.0844 e. The Balaban J connectivity index is 1.93. The van der Waals surface area contributed by atoms with Gasteiger partial charge in [-0.2, -0.15) is 0 Å². The predicted octanol–water partition coefficient (Wildman–Crippen LogP) is 1.39. The van der Waals surface area contributed by atoms with E-state index >= 15 is 0 Å². The van der Waals surface area contributed by atoms with E-state index < -0.39 is 0 Å². The van der Waals surface area contributed by atoms with Crippen molar-refractivity contribution in [2.24, 2.45) is 5.92 Å². The summed E-state index contributed by atoms with van der Waals surface area (Å²) in [5.41, 5.74) is 0. The Labute approximate surface area is 50.0 Å². The van der Waals surface area contributed by atoms with Gasteiger partial charge in [0.2, 0.25) is 0 Å². The fourth-order valence-electron chi connectivity index (χ4n) is 1.42. The Bertz CT molecular complexity index is 101. The van der Waals surface area contributed by atoms with Crippen molar-refractivity contribution in [3.8, 4) is 0 Å². The molecular weight excluding hydrogens is 100 g/mol. The van der Waals surface area contributed by atoms with E-state index in [-0.39, 0.29) is 0 Å². The number of hydrogen-bond donors (Lipinski definition) is 0. The van der Waals surface area contributed by atoms with Crippen molar-refractivity contribution in [1.29, 1.82) is 0 Å². The second kappa shape index (κ2) is 1.47. The van der Waals surface area contributed by atoms with Crippen molar-refractivity contribution in [2.45, 2.75) is 32.0 Å². The summed E-state index contributed by atoms with van der Waals surface area (Å²) in [5.74, 6) is 0.804. The third kappa shape index (κ3) is 0.655. The topological polar surface area (TPSA) is 12.5 Å². The first-order valence-electron chi connectivity index (χ1n) is 3.35. The minimum absolute atomic E-state index is 0.631. The Morgan fingerprint density at radius 1 is 1.50 bits per heavy atom. The lowest BCUT2D eigenvalue weighted by molar-refractivity contribution is 0.367. The van der Waals surface area contributed by atoms with Gasteiger partial charge >= 0.3 is 0 Å². The zero-order valence-corrected chi connectivity index (χ0v) is 5.13. The molecule has 0 N–H and O–H groups in total. The Hall–Kier alpha value is -0.0400. The molecule has 0 bridgehead atoms. The summed E-state index contributed by atoms with van der Waals surface area (Å²) in [6.07, 6.45) is 6.12. The van der Waals surface area contributed by atoms with Gasteiger partial charge in [0, 0.05) is 0 Å². The van der Waals surface area contributed by atoms with Crippen LogP contribution in [0.1, 0.15) is 19.8 Å². The molecule has 3 atom stereocenters. The highest BCUT2D eigenvalue weighted by Crippen LogP contribution is 2.38. The highest BCUT2D eigenvalue weighted by Gasteiger charge is 2.42. The van der Waals surface area contributed by atoms with Gasteiger partial charge < -0.3 is 4.74 Å². The van der Waals surface area contributed by atoms with Crippen LogP contribution in [0.15, 0.2) is 0 Å². The van der Waals surface area contributed by atoms with Crippen molar-refractivity contribution < 1.29 is 4.74 Å². The third-order valence-electron chi connectivity index (χ3n) is 2.06. The molecule has 2 rings (SSSR count). The summed E-state index contributed by atoms with van der Waals surface area (Å²) in [5, 5.41) is 0. The average Bonchev–Trinajstić information content (AvgIpc) is 2.43. The van der Waals surface area contributed by atoms with E-state index in [4.69, 9.17) is 4.74 Å². The summed E-state index contributed by atoms with van der Waals surface area (Å²) in [6.45, 7) is 2.26. The van der Waals surface area contributed by atoms with Crippen molar-refractivity contribution in [2.75, 3.05) is 0 Å². The van der Waals surface area contributed by atoms with Crippen LogP contribution in [0.4, 0.5) is 0 Å². The van der Waals surface area contributed by atoms with Crippen LogP contribution in [0.3, 0.4) is 0 Å². The summed E-state index contributed by atoms with van der Waals surface area (Å²) < 4.78 is 5.32. The van der Waals surface area contributed by atoms with Crippen LogP contribution in [-0.2, 0) is 4.74 Å². The molecule has 1 heteroatoms. The van der Waals surface area contributed by atoms with Gasteiger partial charge in [-0.3, -0.25) is 0 Å². The van der Waals surface area contributed by atoms with Gasteiger partial charge in [-0.15, -0.1) is 0 Å². The zero-order valence-electron chi connectivity index (χ0n) is 5.13. The van der Waals surface area contributed by atoms with Crippen LogP contribution < -0.4 is 0 Å². The van der Waals surface area contributed by atoms with Crippen LogP contribution in [0.5, 0.6) is 0 Å². The second-order valence-corrected chi connectivity index (χ2v) is 2.90. The van der Waals surface area contributed by atoms with Crippen LogP contribution in [0.2, 0.25) is 0 Å². The maximum absolute atomic E-state index is 5.32. The van der Waals surface area contributed by atoms with Gasteiger partial charge in [0.15, 0.2) is 0 Å². The third-order valence-corrected chi connectivity index (χ3v) is 2.06. The molecule has 1 heterocycles. The molecule has 3 unspecified atom stereocenters. The largest absolute Gasteiger partial charge is 0.370 e. The van der Waals surface area contributed by atoms with Crippen LogP contribution in [-0.4, -0.2) is 12.2 Å². The van der Waals surface area contributed by atoms with Gasteiger partial charge in [0.25, 0.3) is 0 Å². The molecule has 1 saturated heterocycles. The Kier molecular flexibility index (Phi) is 0.884. The van der Waals surface area contributed by atoms with E-state index in [1.54, 1.807) is 0 Å². The van der Waals surface area contributed by atoms with Crippen molar-refractivity contribution >= 4 is 0 Å². The first kappa shape index (κ1) is 4.80. The van der Waals surface area contributed by atoms with Gasteiger partial charge in [-0.25, -0.2) is 0 Å². The van der Waals surface area contributed by atoms with Crippen LogP contribution >= 0.6 is 0 Å². The fraction of sp³-hybridized carbons (Fsp3) is 0.857. The summed E-state index contributed by atoms with van der Waals surface area (Å²) in [4.78, 5) is 0. The predicted molar refractivity (Wildman–Crippen MR) is 31.4 cm³/mol. The van der Waals surface area contributed by atoms with Gasteiger partial charge in [0.1, 0.15) is 0 Å². The molecule has 2 fully saturated rings. The molecule has 0 aromatic heterocycles. The lowest BCUT2D eigenvalue weighted by atomic mass is 9.91. The average molecular weight is 111 g/mol. The van der Waals surface area contributed by atoms with Gasteiger partial charge in [0.05, 0.1) is 12.2 Å². The van der Waals surface area contributed by atoms with Gasteiger partial charge in [-0.05, 0) is 25.2 Å². The number of epoxide rings is 1. The number of hydrogen-bond acceptors (Lipinski definition) is 1. The van der Waals surface area contributed by atoms with Gasteiger partial charge in [-0.1, -0.05) is 6.92 Å². The van der Waals surface area contributed by atoms with Crippen LogP contribution in [0.25, 0.3) is 0 Å². The molecule has 0 amide bonds. The van der Waals surface area contributed by atoms with E-state index in [0.29, 0.717) is 12.2 Å². The smallest absolute Gasteiger partial charge is 0.0844 e. The number of ether oxygens (including phenoxy) is 1. The highest BCUT2D eigenvalue weighted by atomic mass is 16.6. The standard InChI is InChI=1S/C7H11O/c1-5-2-3-6-7(4-5)8-6/h2,5-7H,3-4H2,1H3. The van der Waals surface area contributed by atoms with Crippen molar-refractivity contribution in [3.63, 3.8) is 0 Å². The molecule has 1 nitrogen and oxygen atoms in total. The van der Waals surface area contributed by atoms with E-state index in [2.05, 4.69) is 13.3 Å². The molecule has 0 aromatic rings. The summed E-state index contributed by atoms with van der Waals surface area (Å²) >= 11 is 0. The monoisotopic (exact) mass is 111 g/mol. The van der Waals surface area contributed by atoms with Crippen molar-refractivity contribution in [3.05, 3.63) is 6.42 Å². The first-order valence-corrected chi connectivity index (χ1v) is 3.35. The first-order chi connectivity index (χ1) is 3.86. The lowest BCUT2D eigenvalue weighted by Crippen LogP contribution is -2.10. The molecule has 0 aromatic carbocycles. The normalized spacial score (nSPS) is 52.9. The summed E-state index contributed by atoms with van der Waals surface area (Å²) in [7, 11) is 0. The zero-order chi connectivity index (χ0) is 5.56. The lowest BCUT2D eigenvalue weighted by Gasteiger charge is -2.11. The second-order valence-electron chi connectivity index (χ2n) is 2.90. The van der Waals surface area contributed by atoms with E-state index in [9.17, 15) is 0 Å². The van der Waals surface area contributed by atoms with Crippen LogP contribution in [0, 0.1) is 12.3 Å². The minimum atomic E-state index is 0.631. The molecular formula is C7H11O. The van der Waals surface area contributed by atoms with Crippen molar-refractivity contribution in [1.82, 2.24) is 0 Å². The molecule has 45 valence electrons. The van der Waals surface area contributed by atoms with E-state index in [0.717, 1.165) is 5.92 Å². The molecule has 1 saturated carbocycles. The molecule has 0 spiro atoms. The van der Waals surface area contributed by atoms with E-state index in [1.165, 1.54) is 12.8 Å². The highest BCUT2D eigenvalue weighted by molar-refractivity contribution is 4.98. The SMILES string of the molecule is CC1[CH]CC2OC2C1. The summed E-state index contributed by atoms with van der Waals surface area (Å²) in [6, 6.07) is 0. The quantitative estimate of drug-likeness (QED) is 0.430. The molecule has 1 aliphatic carbocycles. The number of rotatable bonds is 0. The number of fused-ring (bicyclic) bond motifs is 1. The molecule has 1 aliphatic heterocycles. The maximum atomic E-state index is 5.32. The Morgan fingerprint density at radius 3 is 3.00 bits per heavy atom. The molecule has 8 heavy (non-hydrogen) atoms. The Morgan fingerprint density at radius 2 is 2.38 bits per heavy atom. The molecule has 2 aliphatic rings. The van der Waals surface area contributed by atoms with E-state index in [1.807, 2.05) is 0 Å². The fourth-order valence-corrected chi connectivity index (χ4v) is 1.42. The molecule has 1 radical (unpaired) electrons.